The van der Waals surface area contributed by atoms with Crippen LogP contribution >= 0.6 is 0 Å². The Balaban J connectivity index is 0. The fraction of sp³-hybridized carbons (Fsp3) is 0.583. The van der Waals surface area contributed by atoms with Crippen molar-refractivity contribution in [3.05, 3.63) is 23.4 Å². The zero-order chi connectivity index (χ0) is 11.6. The van der Waals surface area contributed by atoms with Gasteiger partial charge in [0.05, 0.1) is 7.11 Å². The summed E-state index contributed by atoms with van der Waals surface area (Å²) in [5.74, 6) is 0.683. The van der Waals surface area contributed by atoms with E-state index in [1.54, 1.807) is 7.11 Å². The van der Waals surface area contributed by atoms with Crippen LogP contribution in [0.5, 0.6) is 5.88 Å². The van der Waals surface area contributed by atoms with Crippen LogP contribution in [0.2, 0.25) is 0 Å². The van der Waals surface area contributed by atoms with Crippen molar-refractivity contribution >= 4 is 0 Å². The molecule has 2 nitrogen and oxygen atoms in total. The molecule has 1 aromatic heterocycles. The lowest BCUT2D eigenvalue weighted by Gasteiger charge is -2.01. The molecule has 0 amide bonds. The zero-order valence-electron chi connectivity index (χ0n) is 10.5. The van der Waals surface area contributed by atoms with Gasteiger partial charge in [-0.2, -0.15) is 0 Å². The number of nitrogens with zero attached hydrogens (tertiary/aromatic N) is 1. The Bertz CT molecular complexity index is 234. The summed E-state index contributed by atoms with van der Waals surface area (Å²) < 4.78 is 4.94. The van der Waals surface area contributed by atoms with Gasteiger partial charge in [0.1, 0.15) is 0 Å². The Morgan fingerprint density at radius 3 is 1.86 bits per heavy atom. The Morgan fingerprint density at radius 1 is 1.00 bits per heavy atom. The molecular formula is C12H23NO. The fourth-order valence-corrected chi connectivity index (χ4v) is 0.710. The maximum absolute atomic E-state index is 4.94. The molecule has 1 heterocycles. The Morgan fingerprint density at radius 2 is 1.50 bits per heavy atom. The molecule has 14 heavy (non-hydrogen) atoms. The maximum atomic E-state index is 4.94. The predicted molar refractivity (Wildman–Crippen MR) is 63.0 cm³/mol. The first-order valence-electron chi connectivity index (χ1n) is 5.21. The lowest BCUT2D eigenvalue weighted by atomic mass is 10.2. The second-order valence-electron chi connectivity index (χ2n) is 2.31. The van der Waals surface area contributed by atoms with Crippen molar-refractivity contribution in [2.45, 2.75) is 41.5 Å². The first kappa shape index (κ1) is 15.4. The average molecular weight is 197 g/mol. The highest BCUT2D eigenvalue weighted by atomic mass is 16.5. The number of pyridine rings is 1. The van der Waals surface area contributed by atoms with Crippen molar-refractivity contribution in [3.63, 3.8) is 0 Å². The van der Waals surface area contributed by atoms with Gasteiger partial charge < -0.3 is 4.74 Å². The van der Waals surface area contributed by atoms with Crippen LogP contribution in [-0.4, -0.2) is 12.1 Å². The smallest absolute Gasteiger partial charge is 0.213 e. The standard InChI is InChI=1S/C8H11NO.2C2H6/c1-6-4-8(10-3)9-5-7(6)2;2*1-2/h4-5H,1-3H3;2*1-2H3. The first-order chi connectivity index (χ1) is 6.74. The summed E-state index contributed by atoms with van der Waals surface area (Å²) in [4.78, 5) is 4.04. The minimum atomic E-state index is 0.683. The van der Waals surface area contributed by atoms with Crippen LogP contribution in [0, 0.1) is 13.8 Å². The third-order valence-corrected chi connectivity index (χ3v) is 1.56. The number of hydrogen-bond acceptors (Lipinski definition) is 2. The number of methoxy groups -OCH3 is 1. The van der Waals surface area contributed by atoms with E-state index < -0.39 is 0 Å². The van der Waals surface area contributed by atoms with E-state index in [2.05, 4.69) is 4.98 Å². The molecule has 82 valence electrons. The highest BCUT2D eigenvalue weighted by Gasteiger charge is 1.94. The van der Waals surface area contributed by atoms with Crippen LogP contribution in [0.15, 0.2) is 12.3 Å². The minimum Gasteiger partial charge on any atom is -0.481 e. The monoisotopic (exact) mass is 197 g/mol. The lowest BCUT2D eigenvalue weighted by Crippen LogP contribution is -1.89. The quantitative estimate of drug-likeness (QED) is 0.684. The van der Waals surface area contributed by atoms with Crippen LogP contribution < -0.4 is 4.74 Å². The molecule has 0 spiro atoms. The van der Waals surface area contributed by atoms with Crippen molar-refractivity contribution < 1.29 is 4.74 Å². The van der Waals surface area contributed by atoms with Crippen LogP contribution in [-0.2, 0) is 0 Å². The molecule has 0 saturated heterocycles. The topological polar surface area (TPSA) is 22.1 Å². The van der Waals surface area contributed by atoms with Gasteiger partial charge in [-0.3, -0.25) is 0 Å². The van der Waals surface area contributed by atoms with Gasteiger partial charge in [0.2, 0.25) is 5.88 Å². The van der Waals surface area contributed by atoms with Gasteiger partial charge in [0.25, 0.3) is 0 Å². The van der Waals surface area contributed by atoms with Gasteiger partial charge in [0, 0.05) is 12.3 Å². The van der Waals surface area contributed by atoms with Gasteiger partial charge in [0.15, 0.2) is 0 Å². The molecule has 1 aromatic rings. The molecule has 0 radical (unpaired) electrons. The lowest BCUT2D eigenvalue weighted by molar-refractivity contribution is 0.397. The van der Waals surface area contributed by atoms with E-state index in [1.807, 2.05) is 53.8 Å². The van der Waals surface area contributed by atoms with Crippen LogP contribution in [0.25, 0.3) is 0 Å². The van der Waals surface area contributed by atoms with Crippen molar-refractivity contribution in [3.8, 4) is 5.88 Å². The summed E-state index contributed by atoms with van der Waals surface area (Å²) in [6.45, 7) is 12.1. The van der Waals surface area contributed by atoms with E-state index in [4.69, 9.17) is 4.74 Å². The average Bonchev–Trinajstić information content (AvgIpc) is 2.28. The van der Waals surface area contributed by atoms with E-state index in [0.717, 1.165) is 0 Å². The van der Waals surface area contributed by atoms with Gasteiger partial charge in [-0.15, -0.1) is 0 Å². The van der Waals surface area contributed by atoms with Crippen LogP contribution in [0.4, 0.5) is 0 Å². The summed E-state index contributed by atoms with van der Waals surface area (Å²) >= 11 is 0. The number of aromatic nitrogens is 1. The van der Waals surface area contributed by atoms with Gasteiger partial charge in [-0.05, 0) is 25.0 Å². The fourth-order valence-electron chi connectivity index (χ4n) is 0.710. The summed E-state index contributed by atoms with van der Waals surface area (Å²) in [5, 5.41) is 0. The summed E-state index contributed by atoms with van der Waals surface area (Å²) in [5.41, 5.74) is 2.41. The third kappa shape index (κ3) is 5.57. The van der Waals surface area contributed by atoms with Crippen LogP contribution in [0.1, 0.15) is 38.8 Å². The molecule has 0 fully saturated rings. The van der Waals surface area contributed by atoms with Gasteiger partial charge in [-0.25, -0.2) is 4.98 Å². The molecule has 0 atom stereocenters. The minimum absolute atomic E-state index is 0.683. The molecule has 1 rings (SSSR count). The summed E-state index contributed by atoms with van der Waals surface area (Å²) in [7, 11) is 1.62. The van der Waals surface area contributed by atoms with Gasteiger partial charge >= 0.3 is 0 Å². The van der Waals surface area contributed by atoms with E-state index >= 15 is 0 Å². The van der Waals surface area contributed by atoms with E-state index in [1.165, 1.54) is 11.1 Å². The Labute approximate surface area is 88.3 Å². The molecular weight excluding hydrogens is 174 g/mol. The number of rotatable bonds is 1. The van der Waals surface area contributed by atoms with Crippen LogP contribution in [0.3, 0.4) is 0 Å². The second kappa shape index (κ2) is 10.0. The molecule has 0 bridgehead atoms. The third-order valence-electron chi connectivity index (χ3n) is 1.56. The van der Waals surface area contributed by atoms with Crippen molar-refractivity contribution in [2.75, 3.05) is 7.11 Å². The normalized spacial score (nSPS) is 7.64. The molecule has 0 saturated carbocycles. The molecule has 0 N–H and O–H groups in total. The predicted octanol–water partition coefficient (Wildman–Crippen LogP) is 3.76. The van der Waals surface area contributed by atoms with E-state index in [-0.39, 0.29) is 0 Å². The summed E-state index contributed by atoms with van der Waals surface area (Å²) in [6.07, 6.45) is 1.81. The summed E-state index contributed by atoms with van der Waals surface area (Å²) in [6, 6.07) is 1.93. The molecule has 0 aliphatic carbocycles. The van der Waals surface area contributed by atoms with Gasteiger partial charge in [-0.1, -0.05) is 27.7 Å². The highest BCUT2D eigenvalue weighted by molar-refractivity contribution is 5.26. The molecule has 0 aromatic carbocycles. The Kier molecular flexibility index (Phi) is 11.1. The van der Waals surface area contributed by atoms with E-state index in [0.29, 0.717) is 5.88 Å². The van der Waals surface area contributed by atoms with E-state index in [9.17, 15) is 0 Å². The van der Waals surface area contributed by atoms with Crippen molar-refractivity contribution in [1.82, 2.24) is 4.98 Å². The largest absolute Gasteiger partial charge is 0.481 e. The SMILES string of the molecule is CC.CC.COc1cc(C)c(C)cn1. The number of hydrogen-bond donors (Lipinski definition) is 0. The first-order valence-corrected chi connectivity index (χ1v) is 5.21. The number of aryl methyl sites for hydroxylation is 2. The highest BCUT2D eigenvalue weighted by Crippen LogP contribution is 2.11. The molecule has 0 aliphatic rings. The molecule has 0 unspecified atom stereocenters. The second-order valence-corrected chi connectivity index (χ2v) is 2.31. The Hall–Kier alpha value is -1.05. The number of ether oxygens (including phenoxy) is 1. The molecule has 0 aliphatic heterocycles. The maximum Gasteiger partial charge on any atom is 0.213 e. The van der Waals surface area contributed by atoms with Crippen molar-refractivity contribution in [1.29, 1.82) is 0 Å². The zero-order valence-corrected chi connectivity index (χ0v) is 10.5. The molecule has 2 heteroatoms. The van der Waals surface area contributed by atoms with Crippen molar-refractivity contribution in [2.24, 2.45) is 0 Å².